The number of aromatic amines is 1. The van der Waals surface area contributed by atoms with E-state index < -0.39 is 0 Å². The van der Waals surface area contributed by atoms with Gasteiger partial charge >= 0.3 is 0 Å². The molecule has 0 fully saturated rings. The van der Waals surface area contributed by atoms with Crippen LogP contribution in [0.4, 0.5) is 5.82 Å². The van der Waals surface area contributed by atoms with Gasteiger partial charge in [0, 0.05) is 23.5 Å². The molecule has 4 nitrogen and oxygen atoms in total. The van der Waals surface area contributed by atoms with Gasteiger partial charge in [0.15, 0.2) is 0 Å². The van der Waals surface area contributed by atoms with Crippen LogP contribution < -0.4 is 5.73 Å². The van der Waals surface area contributed by atoms with E-state index in [0.717, 1.165) is 16.8 Å². The zero-order valence-electron chi connectivity index (χ0n) is 7.28. The van der Waals surface area contributed by atoms with Crippen LogP contribution >= 0.6 is 0 Å². The van der Waals surface area contributed by atoms with Crippen LogP contribution in [0, 0.1) is 6.92 Å². The third-order valence-corrected chi connectivity index (χ3v) is 2.00. The largest absolute Gasteiger partial charge is 0.384 e. The highest BCUT2D eigenvalue weighted by atomic mass is 15.2. The highest BCUT2D eigenvalue weighted by Gasteiger charge is 2.07. The predicted molar refractivity (Wildman–Crippen MR) is 51.0 cm³/mol. The minimum Gasteiger partial charge on any atom is -0.384 e. The Bertz CT molecular complexity index is 405. The third kappa shape index (κ3) is 1.26. The second-order valence-corrected chi connectivity index (χ2v) is 2.85. The van der Waals surface area contributed by atoms with Gasteiger partial charge in [0.1, 0.15) is 5.82 Å². The first kappa shape index (κ1) is 7.79. The van der Waals surface area contributed by atoms with Crippen molar-refractivity contribution in [3.05, 3.63) is 30.1 Å². The lowest BCUT2D eigenvalue weighted by atomic mass is 10.1. The van der Waals surface area contributed by atoms with Crippen molar-refractivity contribution >= 4 is 5.82 Å². The number of aromatic nitrogens is 3. The van der Waals surface area contributed by atoms with E-state index in [2.05, 4.69) is 15.2 Å². The molecule has 0 bridgehead atoms. The molecule has 0 aliphatic carbocycles. The van der Waals surface area contributed by atoms with Gasteiger partial charge in [-0.15, -0.1) is 0 Å². The molecular formula is C9H10N4. The number of rotatable bonds is 1. The van der Waals surface area contributed by atoms with Crippen molar-refractivity contribution < 1.29 is 0 Å². The fourth-order valence-corrected chi connectivity index (χ4v) is 1.20. The van der Waals surface area contributed by atoms with Gasteiger partial charge in [-0.25, -0.2) is 0 Å². The van der Waals surface area contributed by atoms with Crippen molar-refractivity contribution in [1.82, 2.24) is 15.2 Å². The number of nitrogen functional groups attached to an aromatic ring is 1. The van der Waals surface area contributed by atoms with E-state index in [9.17, 15) is 0 Å². The van der Waals surface area contributed by atoms with E-state index in [0.29, 0.717) is 5.82 Å². The van der Waals surface area contributed by atoms with Crippen LogP contribution in [0.3, 0.4) is 0 Å². The van der Waals surface area contributed by atoms with Crippen LogP contribution in [0.2, 0.25) is 0 Å². The summed E-state index contributed by atoms with van der Waals surface area (Å²) in [6, 6.07) is 3.81. The Labute approximate surface area is 75.8 Å². The van der Waals surface area contributed by atoms with Gasteiger partial charge < -0.3 is 5.73 Å². The normalized spacial score (nSPS) is 10.2. The van der Waals surface area contributed by atoms with Crippen molar-refractivity contribution in [3.63, 3.8) is 0 Å². The summed E-state index contributed by atoms with van der Waals surface area (Å²) >= 11 is 0. The zero-order chi connectivity index (χ0) is 9.26. The molecule has 0 saturated heterocycles. The number of hydrogen-bond donors (Lipinski definition) is 2. The standard InChI is InChI=1S/C9H10N4/c1-6-8(12-13-9(6)10)7-2-4-11-5-3-7/h2-5H,1H3,(H3,10,12,13). The monoisotopic (exact) mass is 174 g/mol. The Morgan fingerprint density at radius 1 is 1.31 bits per heavy atom. The summed E-state index contributed by atoms with van der Waals surface area (Å²) in [4.78, 5) is 3.94. The smallest absolute Gasteiger partial charge is 0.122 e. The minimum absolute atomic E-state index is 0.617. The highest BCUT2D eigenvalue weighted by Crippen LogP contribution is 2.22. The fraction of sp³-hybridized carbons (Fsp3) is 0.111. The van der Waals surface area contributed by atoms with Crippen LogP contribution in [0.15, 0.2) is 24.5 Å². The summed E-state index contributed by atoms with van der Waals surface area (Å²) in [6.07, 6.45) is 3.47. The Hall–Kier alpha value is -1.84. The second kappa shape index (κ2) is 2.90. The molecule has 0 aliphatic rings. The predicted octanol–water partition coefficient (Wildman–Crippen LogP) is 1.36. The van der Waals surface area contributed by atoms with Gasteiger partial charge in [-0.05, 0) is 19.1 Å². The second-order valence-electron chi connectivity index (χ2n) is 2.85. The molecule has 0 radical (unpaired) electrons. The number of hydrogen-bond acceptors (Lipinski definition) is 3. The van der Waals surface area contributed by atoms with Gasteiger partial charge in [0.2, 0.25) is 0 Å². The SMILES string of the molecule is Cc1c(-c2ccncc2)n[nH]c1N. The van der Waals surface area contributed by atoms with Gasteiger partial charge in [-0.3, -0.25) is 10.1 Å². The molecule has 2 aromatic rings. The van der Waals surface area contributed by atoms with E-state index in [1.807, 2.05) is 19.1 Å². The quantitative estimate of drug-likeness (QED) is 0.686. The lowest BCUT2D eigenvalue weighted by molar-refractivity contribution is 1.10. The summed E-state index contributed by atoms with van der Waals surface area (Å²) < 4.78 is 0. The number of nitrogens with two attached hydrogens (primary N) is 1. The van der Waals surface area contributed by atoms with Crippen molar-refractivity contribution in [3.8, 4) is 11.3 Å². The van der Waals surface area contributed by atoms with Gasteiger partial charge in [0.05, 0.1) is 5.69 Å². The summed E-state index contributed by atoms with van der Waals surface area (Å²) in [7, 11) is 0. The van der Waals surface area contributed by atoms with Crippen LogP contribution in [0.5, 0.6) is 0 Å². The van der Waals surface area contributed by atoms with Gasteiger partial charge in [-0.1, -0.05) is 0 Å². The van der Waals surface area contributed by atoms with E-state index in [1.165, 1.54) is 0 Å². The lowest BCUT2D eigenvalue weighted by Gasteiger charge is -1.96. The summed E-state index contributed by atoms with van der Waals surface area (Å²) in [6.45, 7) is 1.94. The molecule has 66 valence electrons. The number of nitrogens with zero attached hydrogens (tertiary/aromatic N) is 2. The molecule has 0 spiro atoms. The van der Waals surface area contributed by atoms with Crippen molar-refractivity contribution in [2.45, 2.75) is 6.92 Å². The molecule has 0 amide bonds. The lowest BCUT2D eigenvalue weighted by Crippen LogP contribution is -1.86. The van der Waals surface area contributed by atoms with Crippen LogP contribution in [-0.4, -0.2) is 15.2 Å². The maximum absolute atomic E-state index is 5.64. The summed E-state index contributed by atoms with van der Waals surface area (Å²) in [5.74, 6) is 0.617. The summed E-state index contributed by atoms with van der Waals surface area (Å²) in [5.41, 5.74) is 8.54. The average molecular weight is 174 g/mol. The maximum atomic E-state index is 5.64. The molecule has 0 atom stereocenters. The Morgan fingerprint density at radius 2 is 2.00 bits per heavy atom. The van der Waals surface area contributed by atoms with E-state index in [1.54, 1.807) is 12.4 Å². The molecule has 0 aromatic carbocycles. The van der Waals surface area contributed by atoms with E-state index in [-0.39, 0.29) is 0 Å². The first-order chi connectivity index (χ1) is 6.29. The van der Waals surface area contributed by atoms with Crippen molar-refractivity contribution in [2.75, 3.05) is 5.73 Å². The first-order valence-electron chi connectivity index (χ1n) is 4.00. The third-order valence-electron chi connectivity index (χ3n) is 2.00. The average Bonchev–Trinajstić information content (AvgIpc) is 2.49. The molecule has 2 aromatic heterocycles. The molecule has 3 N–H and O–H groups in total. The maximum Gasteiger partial charge on any atom is 0.122 e. The molecule has 4 heteroatoms. The molecule has 0 saturated carbocycles. The number of nitrogens with one attached hydrogen (secondary N) is 1. The van der Waals surface area contributed by atoms with Crippen LogP contribution in [0.25, 0.3) is 11.3 Å². The zero-order valence-corrected chi connectivity index (χ0v) is 7.28. The fourth-order valence-electron chi connectivity index (χ4n) is 1.20. The highest BCUT2D eigenvalue weighted by molar-refractivity contribution is 5.66. The van der Waals surface area contributed by atoms with Crippen molar-refractivity contribution in [1.29, 1.82) is 0 Å². The molecule has 0 aliphatic heterocycles. The molecule has 2 heterocycles. The molecule has 0 unspecified atom stereocenters. The minimum atomic E-state index is 0.617. The van der Waals surface area contributed by atoms with E-state index >= 15 is 0 Å². The van der Waals surface area contributed by atoms with Crippen LogP contribution in [-0.2, 0) is 0 Å². The number of pyridine rings is 1. The molecule has 2 rings (SSSR count). The summed E-state index contributed by atoms with van der Waals surface area (Å²) in [5, 5.41) is 6.85. The number of anilines is 1. The Morgan fingerprint density at radius 3 is 2.54 bits per heavy atom. The molecule has 13 heavy (non-hydrogen) atoms. The van der Waals surface area contributed by atoms with Gasteiger partial charge in [-0.2, -0.15) is 5.10 Å². The van der Waals surface area contributed by atoms with E-state index in [4.69, 9.17) is 5.73 Å². The molecular weight excluding hydrogens is 164 g/mol. The van der Waals surface area contributed by atoms with Gasteiger partial charge in [0.25, 0.3) is 0 Å². The van der Waals surface area contributed by atoms with Crippen LogP contribution in [0.1, 0.15) is 5.56 Å². The number of H-pyrrole nitrogens is 1. The topological polar surface area (TPSA) is 67.6 Å². The Kier molecular flexibility index (Phi) is 1.73. The van der Waals surface area contributed by atoms with Crippen molar-refractivity contribution in [2.24, 2.45) is 0 Å². The Balaban J connectivity index is 2.53. The first-order valence-corrected chi connectivity index (χ1v) is 4.00.